The Morgan fingerprint density at radius 3 is 2.33 bits per heavy atom. The van der Waals surface area contributed by atoms with E-state index in [1.807, 2.05) is 48.5 Å². The molecule has 0 atom stereocenters. The van der Waals surface area contributed by atoms with Crippen LogP contribution in [0.3, 0.4) is 0 Å². The molecular weight excluding hydrogens is 256 g/mol. The van der Waals surface area contributed by atoms with Gasteiger partial charge in [0.2, 0.25) is 0 Å². The normalized spacial score (nSPS) is 11.1. The molecule has 0 aromatic heterocycles. The third kappa shape index (κ3) is 2.93. The van der Waals surface area contributed by atoms with Crippen LogP contribution < -0.4 is 5.32 Å². The molecule has 2 nitrogen and oxygen atoms in total. The van der Waals surface area contributed by atoms with Crippen molar-refractivity contribution in [1.82, 2.24) is 0 Å². The summed E-state index contributed by atoms with van der Waals surface area (Å²) in [4.78, 5) is 0. The number of rotatable bonds is 3. The highest BCUT2D eigenvalue weighted by Crippen LogP contribution is 2.20. The summed E-state index contributed by atoms with van der Waals surface area (Å²) < 4.78 is 0. The minimum atomic E-state index is 0.615. The van der Waals surface area contributed by atoms with Crippen LogP contribution >= 0.6 is 0 Å². The lowest BCUT2D eigenvalue weighted by Crippen LogP contribution is -1.91. The summed E-state index contributed by atoms with van der Waals surface area (Å²) in [5.74, 6) is 0. The van der Waals surface area contributed by atoms with Gasteiger partial charge in [0.1, 0.15) is 6.07 Å². The van der Waals surface area contributed by atoms with Crippen LogP contribution in [0.1, 0.15) is 5.56 Å². The van der Waals surface area contributed by atoms with E-state index in [0.717, 1.165) is 11.3 Å². The number of nitrogens with zero attached hydrogens (tertiary/aromatic N) is 1. The topological polar surface area (TPSA) is 35.8 Å². The molecule has 0 aliphatic carbocycles. The van der Waals surface area contributed by atoms with E-state index >= 15 is 0 Å². The van der Waals surface area contributed by atoms with Crippen LogP contribution in [0, 0.1) is 11.3 Å². The van der Waals surface area contributed by atoms with Gasteiger partial charge in [0.05, 0.1) is 5.57 Å². The first-order valence-electron chi connectivity index (χ1n) is 6.78. The summed E-state index contributed by atoms with van der Waals surface area (Å²) in [6.07, 6.45) is 1.75. The number of nitriles is 1. The fraction of sp³-hybridized carbons (Fsp3) is 0. The quantitative estimate of drug-likeness (QED) is 0.693. The van der Waals surface area contributed by atoms with Crippen molar-refractivity contribution in [3.05, 3.63) is 84.6 Å². The molecule has 2 heteroatoms. The number of nitrogens with one attached hydrogen (secondary N) is 1. The third-order valence-electron chi connectivity index (χ3n) is 3.34. The van der Waals surface area contributed by atoms with E-state index < -0.39 is 0 Å². The van der Waals surface area contributed by atoms with E-state index in [9.17, 15) is 5.26 Å². The third-order valence-corrected chi connectivity index (χ3v) is 3.34. The van der Waals surface area contributed by atoms with Crippen LogP contribution in [-0.2, 0) is 0 Å². The molecule has 0 bridgehead atoms. The van der Waals surface area contributed by atoms with Crippen molar-refractivity contribution in [3.63, 3.8) is 0 Å². The molecule has 0 aliphatic rings. The van der Waals surface area contributed by atoms with Gasteiger partial charge in [0, 0.05) is 11.9 Å². The molecule has 0 radical (unpaired) electrons. The molecule has 3 aromatic carbocycles. The minimum Gasteiger partial charge on any atom is -0.360 e. The van der Waals surface area contributed by atoms with Crippen molar-refractivity contribution in [3.8, 4) is 6.07 Å². The lowest BCUT2D eigenvalue weighted by molar-refractivity contribution is 1.51. The van der Waals surface area contributed by atoms with Crippen LogP contribution in [-0.4, -0.2) is 0 Å². The molecule has 1 N–H and O–H groups in total. The number of anilines is 1. The Bertz CT molecular complexity index is 827. The average molecular weight is 270 g/mol. The van der Waals surface area contributed by atoms with Gasteiger partial charge in [-0.2, -0.15) is 5.26 Å². The maximum absolute atomic E-state index is 9.27. The van der Waals surface area contributed by atoms with Gasteiger partial charge in [-0.3, -0.25) is 0 Å². The molecule has 0 unspecified atom stereocenters. The van der Waals surface area contributed by atoms with Gasteiger partial charge in [-0.05, 0) is 28.5 Å². The highest BCUT2D eigenvalue weighted by Gasteiger charge is 1.99. The Labute approximate surface area is 124 Å². The lowest BCUT2D eigenvalue weighted by Gasteiger charge is -2.05. The zero-order valence-electron chi connectivity index (χ0n) is 11.5. The van der Waals surface area contributed by atoms with Crippen LogP contribution in [0.5, 0.6) is 0 Å². The number of benzene rings is 3. The predicted molar refractivity (Wildman–Crippen MR) is 87.6 cm³/mol. The van der Waals surface area contributed by atoms with Gasteiger partial charge in [0.25, 0.3) is 0 Å². The fourth-order valence-corrected chi connectivity index (χ4v) is 2.23. The Hall–Kier alpha value is -3.05. The predicted octanol–water partition coefficient (Wildman–Crippen LogP) is 4.82. The van der Waals surface area contributed by atoms with E-state index in [1.54, 1.807) is 6.20 Å². The molecule has 0 saturated heterocycles. The summed E-state index contributed by atoms with van der Waals surface area (Å²) >= 11 is 0. The highest BCUT2D eigenvalue weighted by molar-refractivity contribution is 5.86. The molecule has 3 aromatic rings. The van der Waals surface area contributed by atoms with Crippen molar-refractivity contribution in [2.45, 2.75) is 0 Å². The Morgan fingerprint density at radius 2 is 1.57 bits per heavy atom. The molecular formula is C19H14N2. The van der Waals surface area contributed by atoms with Crippen LogP contribution in [0.2, 0.25) is 0 Å². The van der Waals surface area contributed by atoms with Gasteiger partial charge < -0.3 is 5.32 Å². The lowest BCUT2D eigenvalue weighted by atomic mass is 10.1. The Balaban J connectivity index is 1.88. The maximum Gasteiger partial charge on any atom is 0.101 e. The number of hydrogen-bond donors (Lipinski definition) is 1. The second-order valence-electron chi connectivity index (χ2n) is 4.74. The van der Waals surface area contributed by atoms with Crippen molar-refractivity contribution in [1.29, 1.82) is 5.26 Å². The molecule has 21 heavy (non-hydrogen) atoms. The highest BCUT2D eigenvalue weighted by atomic mass is 14.8. The van der Waals surface area contributed by atoms with Gasteiger partial charge in [-0.25, -0.2) is 0 Å². The monoisotopic (exact) mass is 270 g/mol. The first-order valence-corrected chi connectivity index (χ1v) is 6.78. The van der Waals surface area contributed by atoms with E-state index in [-0.39, 0.29) is 0 Å². The number of fused-ring (bicyclic) bond motifs is 1. The summed E-state index contributed by atoms with van der Waals surface area (Å²) in [6, 6.07) is 26.2. The summed E-state index contributed by atoms with van der Waals surface area (Å²) in [6.45, 7) is 0. The molecule has 0 spiro atoms. The van der Waals surface area contributed by atoms with E-state index in [0.29, 0.717) is 5.57 Å². The second-order valence-corrected chi connectivity index (χ2v) is 4.74. The van der Waals surface area contributed by atoms with Crippen molar-refractivity contribution >= 4 is 22.0 Å². The van der Waals surface area contributed by atoms with E-state index in [2.05, 4.69) is 35.7 Å². The van der Waals surface area contributed by atoms with Gasteiger partial charge >= 0.3 is 0 Å². The van der Waals surface area contributed by atoms with Crippen molar-refractivity contribution in [2.75, 3.05) is 5.32 Å². The van der Waals surface area contributed by atoms with E-state index in [4.69, 9.17) is 0 Å². The Kier molecular flexibility index (Phi) is 3.66. The molecule has 0 amide bonds. The van der Waals surface area contributed by atoms with Crippen LogP contribution in [0.4, 0.5) is 5.69 Å². The largest absolute Gasteiger partial charge is 0.360 e. The standard InChI is InChI=1S/C19H14N2/c20-13-18(15-6-2-1-3-7-15)14-21-19-11-10-16-8-4-5-9-17(16)12-19/h1-12,14,21H/b18-14+. The minimum absolute atomic E-state index is 0.615. The summed E-state index contributed by atoms with van der Waals surface area (Å²) in [5, 5.41) is 14.9. The number of allylic oxidation sites excluding steroid dienone is 1. The molecule has 0 fully saturated rings. The summed E-state index contributed by atoms with van der Waals surface area (Å²) in [5.41, 5.74) is 2.49. The molecule has 0 aliphatic heterocycles. The molecule has 0 heterocycles. The molecule has 100 valence electrons. The van der Waals surface area contributed by atoms with Gasteiger partial charge in [0.15, 0.2) is 0 Å². The smallest absolute Gasteiger partial charge is 0.101 e. The SMILES string of the molecule is N#C/C(=C\Nc1ccc2ccccc2c1)c1ccccc1. The zero-order chi connectivity index (χ0) is 14.5. The van der Waals surface area contributed by atoms with Crippen molar-refractivity contribution < 1.29 is 0 Å². The molecule has 3 rings (SSSR count). The Morgan fingerprint density at radius 1 is 0.857 bits per heavy atom. The first kappa shape index (κ1) is 13.0. The fourth-order valence-electron chi connectivity index (χ4n) is 2.23. The van der Waals surface area contributed by atoms with Crippen LogP contribution in [0.15, 0.2) is 79.0 Å². The average Bonchev–Trinajstić information content (AvgIpc) is 2.56. The maximum atomic E-state index is 9.27. The van der Waals surface area contributed by atoms with Crippen molar-refractivity contribution in [2.24, 2.45) is 0 Å². The van der Waals surface area contributed by atoms with Crippen LogP contribution in [0.25, 0.3) is 16.3 Å². The second kappa shape index (κ2) is 5.94. The molecule has 0 saturated carbocycles. The number of hydrogen-bond acceptors (Lipinski definition) is 2. The first-order chi connectivity index (χ1) is 10.4. The van der Waals surface area contributed by atoms with E-state index in [1.165, 1.54) is 10.8 Å². The van der Waals surface area contributed by atoms with Gasteiger partial charge in [-0.15, -0.1) is 0 Å². The zero-order valence-corrected chi connectivity index (χ0v) is 11.5. The summed E-state index contributed by atoms with van der Waals surface area (Å²) in [7, 11) is 0. The van der Waals surface area contributed by atoms with Gasteiger partial charge in [-0.1, -0.05) is 60.7 Å².